The number of carbonyl (C=O) groups is 1. The third-order valence-corrected chi connectivity index (χ3v) is 6.17. The lowest BCUT2D eigenvalue weighted by atomic mass is 9.95. The molecule has 1 amide bonds. The minimum Gasteiger partial charge on any atom is -0.392 e. The summed E-state index contributed by atoms with van der Waals surface area (Å²) in [7, 11) is 0. The number of benzene rings is 1. The van der Waals surface area contributed by atoms with Gasteiger partial charge >= 0.3 is 0 Å². The van der Waals surface area contributed by atoms with Gasteiger partial charge in [-0.25, -0.2) is 20.4 Å². The van der Waals surface area contributed by atoms with Gasteiger partial charge in [-0.3, -0.25) is 10.0 Å². The largest absolute Gasteiger partial charge is 0.392 e. The van der Waals surface area contributed by atoms with E-state index >= 15 is 0 Å². The standard InChI is InChI=1S/C24H31N5O4/c30-15-17-6-8-19(9-7-17)23-26-21(18-10-13-33-14-11-18)22-24(27-23)29(16-25-22)12-4-2-1-3-5-20(31)28-32/h6-9,16,18,30,32H,1-5,10-15H2,(H,28,31). The van der Waals surface area contributed by atoms with Crippen molar-refractivity contribution in [2.24, 2.45) is 0 Å². The Morgan fingerprint density at radius 3 is 2.58 bits per heavy atom. The van der Waals surface area contributed by atoms with Crippen LogP contribution in [0.15, 0.2) is 30.6 Å². The molecule has 0 spiro atoms. The Bertz CT molecular complexity index is 1060. The molecule has 9 heteroatoms. The maximum Gasteiger partial charge on any atom is 0.243 e. The van der Waals surface area contributed by atoms with Crippen molar-refractivity contribution in [3.8, 4) is 11.4 Å². The summed E-state index contributed by atoms with van der Waals surface area (Å²) in [6.45, 7) is 2.25. The molecule has 0 atom stereocenters. The maximum absolute atomic E-state index is 11.1. The van der Waals surface area contributed by atoms with E-state index < -0.39 is 0 Å². The molecule has 0 radical (unpaired) electrons. The third-order valence-electron chi connectivity index (χ3n) is 6.17. The number of nitrogens with zero attached hydrogens (tertiary/aromatic N) is 4. The fraction of sp³-hybridized carbons (Fsp3) is 0.500. The van der Waals surface area contributed by atoms with Crippen molar-refractivity contribution >= 4 is 17.1 Å². The van der Waals surface area contributed by atoms with Crippen LogP contribution >= 0.6 is 0 Å². The van der Waals surface area contributed by atoms with Crippen molar-refractivity contribution in [3.05, 3.63) is 41.9 Å². The van der Waals surface area contributed by atoms with Crippen LogP contribution in [0.1, 0.15) is 62.1 Å². The molecule has 1 aromatic carbocycles. The summed E-state index contributed by atoms with van der Waals surface area (Å²) < 4.78 is 7.64. The summed E-state index contributed by atoms with van der Waals surface area (Å²) in [6, 6.07) is 7.68. The molecule has 33 heavy (non-hydrogen) atoms. The van der Waals surface area contributed by atoms with Crippen molar-refractivity contribution in [2.75, 3.05) is 13.2 Å². The topological polar surface area (TPSA) is 122 Å². The van der Waals surface area contributed by atoms with Gasteiger partial charge in [0.15, 0.2) is 11.5 Å². The molecule has 3 heterocycles. The molecule has 0 bridgehead atoms. The van der Waals surface area contributed by atoms with Crippen molar-refractivity contribution < 1.29 is 19.8 Å². The van der Waals surface area contributed by atoms with Crippen LogP contribution in [0.5, 0.6) is 0 Å². The molecule has 9 nitrogen and oxygen atoms in total. The van der Waals surface area contributed by atoms with Gasteiger partial charge in [0, 0.05) is 37.7 Å². The van der Waals surface area contributed by atoms with Crippen LogP contribution < -0.4 is 5.48 Å². The van der Waals surface area contributed by atoms with Crippen LogP contribution in [0.25, 0.3) is 22.6 Å². The summed E-state index contributed by atoms with van der Waals surface area (Å²) in [6.07, 6.45) is 7.62. The van der Waals surface area contributed by atoms with Gasteiger partial charge < -0.3 is 14.4 Å². The quantitative estimate of drug-likeness (QED) is 0.244. The van der Waals surface area contributed by atoms with E-state index in [1.165, 1.54) is 0 Å². The molecule has 1 fully saturated rings. The Hall–Kier alpha value is -2.88. The number of aromatic nitrogens is 4. The van der Waals surface area contributed by atoms with Gasteiger partial charge in [0.1, 0.15) is 5.52 Å². The SMILES string of the molecule is O=C(CCCCCCn1cnc2c(C3CCOCC3)nc(-c3ccc(CO)cc3)nc21)NO. The Kier molecular flexibility index (Phi) is 7.98. The average Bonchev–Trinajstić information content (AvgIpc) is 3.28. The number of aliphatic hydroxyl groups is 1. The number of carbonyl (C=O) groups excluding carboxylic acids is 1. The van der Waals surface area contributed by atoms with E-state index in [2.05, 4.69) is 9.55 Å². The molecule has 1 aliphatic rings. The third kappa shape index (κ3) is 5.73. The number of amides is 1. The van der Waals surface area contributed by atoms with Crippen LogP contribution in [0.3, 0.4) is 0 Å². The zero-order chi connectivity index (χ0) is 23.0. The van der Waals surface area contributed by atoms with Crippen LogP contribution in [0, 0.1) is 0 Å². The van der Waals surface area contributed by atoms with Gasteiger partial charge in [-0.1, -0.05) is 37.1 Å². The number of nitrogens with one attached hydrogen (secondary N) is 1. The number of ether oxygens (including phenoxy) is 1. The van der Waals surface area contributed by atoms with Crippen LogP contribution in [0.2, 0.25) is 0 Å². The highest BCUT2D eigenvalue weighted by molar-refractivity contribution is 5.77. The normalized spacial score (nSPS) is 14.6. The summed E-state index contributed by atoms with van der Waals surface area (Å²) in [5.74, 6) is 0.624. The molecule has 3 N–H and O–H groups in total. The average molecular weight is 454 g/mol. The molecule has 4 rings (SSSR count). The highest BCUT2D eigenvalue weighted by Gasteiger charge is 2.23. The first-order chi connectivity index (χ1) is 16.2. The highest BCUT2D eigenvalue weighted by Crippen LogP contribution is 2.32. The first kappa shape index (κ1) is 23.3. The number of fused-ring (bicyclic) bond motifs is 1. The molecule has 3 aromatic rings. The van der Waals surface area contributed by atoms with E-state index in [9.17, 15) is 9.90 Å². The van der Waals surface area contributed by atoms with Gasteiger partial charge in [-0.15, -0.1) is 0 Å². The Morgan fingerprint density at radius 2 is 1.85 bits per heavy atom. The highest BCUT2D eigenvalue weighted by atomic mass is 16.5. The van der Waals surface area contributed by atoms with E-state index in [4.69, 9.17) is 19.9 Å². The molecule has 1 aliphatic heterocycles. The molecule has 0 saturated carbocycles. The lowest BCUT2D eigenvalue weighted by molar-refractivity contribution is -0.129. The second-order valence-electron chi connectivity index (χ2n) is 8.48. The Labute approximate surface area is 192 Å². The molecular formula is C24H31N5O4. The molecular weight excluding hydrogens is 422 g/mol. The van der Waals surface area contributed by atoms with E-state index in [1.54, 1.807) is 5.48 Å². The van der Waals surface area contributed by atoms with Crippen LogP contribution in [0.4, 0.5) is 0 Å². The molecule has 2 aromatic heterocycles. The number of rotatable bonds is 10. The predicted octanol–water partition coefficient (Wildman–Crippen LogP) is 3.34. The summed E-state index contributed by atoms with van der Waals surface area (Å²) in [4.78, 5) is 25.6. The van der Waals surface area contributed by atoms with E-state index in [0.717, 1.165) is 86.3 Å². The maximum atomic E-state index is 11.1. The molecule has 176 valence electrons. The minimum absolute atomic E-state index is 0.00490. The number of unbranched alkanes of at least 4 members (excludes halogenated alkanes) is 3. The monoisotopic (exact) mass is 453 g/mol. The zero-order valence-electron chi connectivity index (χ0n) is 18.7. The second-order valence-corrected chi connectivity index (χ2v) is 8.48. The Balaban J connectivity index is 1.56. The molecule has 1 saturated heterocycles. The van der Waals surface area contributed by atoms with Gasteiger partial charge in [-0.2, -0.15) is 0 Å². The van der Waals surface area contributed by atoms with Gasteiger partial charge in [-0.05, 0) is 31.2 Å². The van der Waals surface area contributed by atoms with E-state index in [0.29, 0.717) is 18.2 Å². The molecule has 0 unspecified atom stereocenters. The first-order valence-electron chi connectivity index (χ1n) is 11.6. The lowest BCUT2D eigenvalue weighted by Gasteiger charge is -2.22. The van der Waals surface area contributed by atoms with Crippen molar-refractivity contribution in [1.29, 1.82) is 0 Å². The van der Waals surface area contributed by atoms with E-state index in [1.807, 2.05) is 30.6 Å². The molecule has 0 aliphatic carbocycles. The van der Waals surface area contributed by atoms with Crippen molar-refractivity contribution in [2.45, 2.75) is 64.0 Å². The summed E-state index contributed by atoms with van der Waals surface area (Å²) in [5.41, 5.74) is 6.12. The number of hydroxylamine groups is 1. The number of imidazole rings is 1. The van der Waals surface area contributed by atoms with Gasteiger partial charge in [0.25, 0.3) is 0 Å². The van der Waals surface area contributed by atoms with Crippen LogP contribution in [-0.2, 0) is 22.7 Å². The fourth-order valence-electron chi connectivity index (χ4n) is 4.25. The number of hydrogen-bond donors (Lipinski definition) is 3. The fourth-order valence-corrected chi connectivity index (χ4v) is 4.25. The summed E-state index contributed by atoms with van der Waals surface area (Å²) >= 11 is 0. The van der Waals surface area contributed by atoms with Gasteiger partial charge in [0.2, 0.25) is 5.91 Å². The summed E-state index contributed by atoms with van der Waals surface area (Å²) in [5, 5.41) is 17.9. The second kappa shape index (κ2) is 11.3. The smallest absolute Gasteiger partial charge is 0.243 e. The first-order valence-corrected chi connectivity index (χ1v) is 11.6. The van der Waals surface area contributed by atoms with Crippen molar-refractivity contribution in [3.63, 3.8) is 0 Å². The zero-order valence-corrected chi connectivity index (χ0v) is 18.7. The number of aliphatic hydroxyl groups excluding tert-OH is 1. The lowest BCUT2D eigenvalue weighted by Crippen LogP contribution is -2.17. The Morgan fingerprint density at radius 1 is 1.09 bits per heavy atom. The van der Waals surface area contributed by atoms with E-state index in [-0.39, 0.29) is 12.5 Å². The number of hydrogen-bond acceptors (Lipinski definition) is 7. The minimum atomic E-state index is -0.340. The van der Waals surface area contributed by atoms with Gasteiger partial charge in [0.05, 0.1) is 18.6 Å². The predicted molar refractivity (Wildman–Crippen MR) is 122 cm³/mol. The number of aryl methyl sites for hydroxylation is 1. The van der Waals surface area contributed by atoms with Crippen molar-refractivity contribution in [1.82, 2.24) is 25.0 Å². The van der Waals surface area contributed by atoms with Crippen LogP contribution in [-0.4, -0.2) is 49.0 Å².